The van der Waals surface area contributed by atoms with Crippen molar-refractivity contribution in [2.75, 3.05) is 0 Å². The minimum atomic E-state index is -0.0798. The second-order valence-corrected chi connectivity index (χ2v) is 6.97. The van der Waals surface area contributed by atoms with Crippen molar-refractivity contribution in [1.82, 2.24) is 15.3 Å². The lowest BCUT2D eigenvalue weighted by molar-refractivity contribution is 0.0953. The number of nitrogens with zero attached hydrogens (tertiary/aromatic N) is 2. The molecule has 0 unspecified atom stereocenters. The van der Waals surface area contributed by atoms with Crippen LogP contribution in [0.2, 0.25) is 0 Å². The minimum absolute atomic E-state index is 0.0798. The molecule has 0 bridgehead atoms. The highest BCUT2D eigenvalue weighted by molar-refractivity contribution is 7.11. The van der Waals surface area contributed by atoms with E-state index in [-0.39, 0.29) is 5.91 Å². The highest BCUT2D eigenvalue weighted by Gasteiger charge is 2.12. The predicted molar refractivity (Wildman–Crippen MR) is 94.0 cm³/mol. The van der Waals surface area contributed by atoms with Crippen LogP contribution in [0.1, 0.15) is 31.6 Å². The molecule has 0 radical (unpaired) electrons. The summed E-state index contributed by atoms with van der Waals surface area (Å²) in [7, 11) is 0. The SMILES string of the molecule is Cc1ncsc1C(=O)NCc1csc(CCc2ccccc2)n1. The van der Waals surface area contributed by atoms with Crippen LogP contribution < -0.4 is 5.32 Å². The summed E-state index contributed by atoms with van der Waals surface area (Å²) >= 11 is 3.01. The normalized spacial score (nSPS) is 10.7. The molecule has 23 heavy (non-hydrogen) atoms. The van der Waals surface area contributed by atoms with Crippen molar-refractivity contribution in [3.63, 3.8) is 0 Å². The fourth-order valence-corrected chi connectivity index (χ4v) is 3.73. The summed E-state index contributed by atoms with van der Waals surface area (Å²) in [6.45, 7) is 2.30. The first-order valence-electron chi connectivity index (χ1n) is 7.38. The quantitative estimate of drug-likeness (QED) is 0.744. The van der Waals surface area contributed by atoms with E-state index in [2.05, 4.69) is 39.6 Å². The summed E-state index contributed by atoms with van der Waals surface area (Å²) < 4.78 is 0. The summed E-state index contributed by atoms with van der Waals surface area (Å²) in [6.07, 6.45) is 1.91. The van der Waals surface area contributed by atoms with Gasteiger partial charge in [0, 0.05) is 11.8 Å². The van der Waals surface area contributed by atoms with E-state index in [1.54, 1.807) is 16.8 Å². The van der Waals surface area contributed by atoms with Gasteiger partial charge in [-0.05, 0) is 18.9 Å². The van der Waals surface area contributed by atoms with E-state index in [1.807, 2.05) is 18.4 Å². The summed E-state index contributed by atoms with van der Waals surface area (Å²) in [6, 6.07) is 10.4. The molecule has 118 valence electrons. The van der Waals surface area contributed by atoms with Crippen LogP contribution in [0.3, 0.4) is 0 Å². The maximum atomic E-state index is 12.1. The van der Waals surface area contributed by atoms with Crippen LogP contribution >= 0.6 is 22.7 Å². The zero-order valence-corrected chi connectivity index (χ0v) is 14.4. The van der Waals surface area contributed by atoms with E-state index in [1.165, 1.54) is 16.9 Å². The van der Waals surface area contributed by atoms with E-state index in [9.17, 15) is 4.79 Å². The van der Waals surface area contributed by atoms with Gasteiger partial charge in [-0.15, -0.1) is 22.7 Å². The fraction of sp³-hybridized carbons (Fsp3) is 0.235. The Hall–Kier alpha value is -2.05. The molecule has 0 saturated carbocycles. The van der Waals surface area contributed by atoms with Gasteiger partial charge < -0.3 is 5.32 Å². The number of aromatic nitrogens is 2. The summed E-state index contributed by atoms with van der Waals surface area (Å²) in [4.78, 5) is 21.4. The third-order valence-electron chi connectivity index (χ3n) is 3.45. The molecule has 0 fully saturated rings. The number of carbonyl (C=O) groups excluding carboxylic acids is 1. The number of benzene rings is 1. The van der Waals surface area contributed by atoms with Gasteiger partial charge in [0.1, 0.15) is 4.88 Å². The molecule has 1 aromatic carbocycles. The highest BCUT2D eigenvalue weighted by Crippen LogP contribution is 2.14. The molecule has 2 heterocycles. The Morgan fingerprint density at radius 2 is 2.00 bits per heavy atom. The Balaban J connectivity index is 1.51. The summed E-state index contributed by atoms with van der Waals surface area (Å²) in [5.74, 6) is -0.0798. The second kappa shape index (κ2) is 7.48. The van der Waals surface area contributed by atoms with Crippen LogP contribution in [0, 0.1) is 6.92 Å². The predicted octanol–water partition coefficient (Wildman–Crippen LogP) is 3.62. The molecular weight excluding hydrogens is 326 g/mol. The molecule has 0 aliphatic heterocycles. The Bertz CT molecular complexity index is 780. The lowest BCUT2D eigenvalue weighted by Gasteiger charge is -2.01. The largest absolute Gasteiger partial charge is 0.346 e. The molecule has 0 spiro atoms. The van der Waals surface area contributed by atoms with Crippen molar-refractivity contribution in [2.45, 2.75) is 26.3 Å². The average molecular weight is 343 g/mol. The first-order valence-corrected chi connectivity index (χ1v) is 9.14. The van der Waals surface area contributed by atoms with Gasteiger partial charge >= 0.3 is 0 Å². The van der Waals surface area contributed by atoms with Crippen LogP contribution in [-0.4, -0.2) is 15.9 Å². The standard InChI is InChI=1S/C17H17N3OS2/c1-12-16(23-11-19-12)17(21)18-9-14-10-22-15(20-14)8-7-13-5-3-2-4-6-13/h2-6,10-11H,7-9H2,1H3,(H,18,21). The topological polar surface area (TPSA) is 54.9 Å². The van der Waals surface area contributed by atoms with Gasteiger partial charge in [-0.1, -0.05) is 30.3 Å². The van der Waals surface area contributed by atoms with Crippen molar-refractivity contribution in [1.29, 1.82) is 0 Å². The molecule has 3 aromatic rings. The Morgan fingerprint density at radius 3 is 2.74 bits per heavy atom. The zero-order valence-electron chi connectivity index (χ0n) is 12.8. The monoisotopic (exact) mass is 343 g/mol. The Kier molecular flexibility index (Phi) is 5.15. The number of hydrogen-bond donors (Lipinski definition) is 1. The van der Waals surface area contributed by atoms with Crippen LogP contribution in [0.4, 0.5) is 0 Å². The number of nitrogens with one attached hydrogen (secondary N) is 1. The van der Waals surface area contributed by atoms with Crippen molar-refractivity contribution >= 4 is 28.6 Å². The Labute approximate surface area is 143 Å². The number of rotatable bonds is 6. The van der Waals surface area contributed by atoms with E-state index in [4.69, 9.17) is 0 Å². The number of thiazole rings is 2. The molecule has 0 aliphatic rings. The maximum Gasteiger partial charge on any atom is 0.263 e. The van der Waals surface area contributed by atoms with Gasteiger partial charge in [0.05, 0.1) is 28.5 Å². The third-order valence-corrected chi connectivity index (χ3v) is 5.34. The molecular formula is C17H17N3OS2. The third kappa shape index (κ3) is 4.24. The summed E-state index contributed by atoms with van der Waals surface area (Å²) in [5.41, 5.74) is 4.69. The van der Waals surface area contributed by atoms with E-state index in [0.717, 1.165) is 29.2 Å². The smallest absolute Gasteiger partial charge is 0.263 e. The van der Waals surface area contributed by atoms with Crippen LogP contribution in [0.15, 0.2) is 41.2 Å². The second-order valence-electron chi connectivity index (χ2n) is 5.17. The number of carbonyl (C=O) groups is 1. The zero-order chi connectivity index (χ0) is 16.1. The molecule has 0 saturated heterocycles. The lowest BCUT2D eigenvalue weighted by atomic mass is 10.1. The van der Waals surface area contributed by atoms with Gasteiger partial charge in [-0.2, -0.15) is 0 Å². The van der Waals surface area contributed by atoms with E-state index in [0.29, 0.717) is 11.4 Å². The Morgan fingerprint density at radius 1 is 1.17 bits per heavy atom. The minimum Gasteiger partial charge on any atom is -0.346 e. The molecule has 2 aromatic heterocycles. The van der Waals surface area contributed by atoms with Gasteiger partial charge in [-0.3, -0.25) is 4.79 Å². The van der Waals surface area contributed by atoms with E-state index < -0.39 is 0 Å². The van der Waals surface area contributed by atoms with Gasteiger partial charge in [0.15, 0.2) is 0 Å². The van der Waals surface area contributed by atoms with Gasteiger partial charge in [0.25, 0.3) is 5.91 Å². The van der Waals surface area contributed by atoms with Gasteiger partial charge in [-0.25, -0.2) is 9.97 Å². The number of hydrogen-bond acceptors (Lipinski definition) is 5. The number of amides is 1. The highest BCUT2D eigenvalue weighted by atomic mass is 32.1. The molecule has 1 N–H and O–H groups in total. The lowest BCUT2D eigenvalue weighted by Crippen LogP contribution is -2.22. The molecule has 0 atom stereocenters. The summed E-state index contributed by atoms with van der Waals surface area (Å²) in [5, 5.41) is 6.02. The fourth-order valence-electron chi connectivity index (χ4n) is 2.21. The van der Waals surface area contributed by atoms with Crippen LogP contribution in [0.25, 0.3) is 0 Å². The molecule has 6 heteroatoms. The maximum absolute atomic E-state index is 12.1. The number of aryl methyl sites for hydroxylation is 3. The molecule has 4 nitrogen and oxygen atoms in total. The van der Waals surface area contributed by atoms with Crippen molar-refractivity contribution in [3.05, 3.63) is 68.1 Å². The van der Waals surface area contributed by atoms with Crippen LogP contribution in [0.5, 0.6) is 0 Å². The molecule has 3 rings (SSSR count). The molecule has 1 amide bonds. The first-order chi connectivity index (χ1) is 11.2. The average Bonchev–Trinajstić information content (AvgIpc) is 3.20. The van der Waals surface area contributed by atoms with Crippen molar-refractivity contribution < 1.29 is 4.79 Å². The van der Waals surface area contributed by atoms with Crippen LogP contribution in [-0.2, 0) is 19.4 Å². The van der Waals surface area contributed by atoms with Gasteiger partial charge in [0.2, 0.25) is 0 Å². The first kappa shape index (κ1) is 15.8. The van der Waals surface area contributed by atoms with E-state index >= 15 is 0 Å². The van der Waals surface area contributed by atoms with Crippen molar-refractivity contribution in [3.8, 4) is 0 Å². The van der Waals surface area contributed by atoms with Crippen molar-refractivity contribution in [2.24, 2.45) is 0 Å². The molecule has 0 aliphatic carbocycles.